The average molecular weight is 245 g/mol. The predicted molar refractivity (Wildman–Crippen MR) is 72.1 cm³/mol. The topological polar surface area (TPSA) is 43.1 Å². The van der Waals surface area contributed by atoms with E-state index in [1.165, 1.54) is 0 Å². The second-order valence-corrected chi connectivity index (χ2v) is 5.63. The molecule has 2 rings (SSSR count). The Kier molecular flexibility index (Phi) is 3.59. The van der Waals surface area contributed by atoms with Crippen LogP contribution in [0.2, 0.25) is 0 Å². The SMILES string of the molecule is CC(c1ccccc1)S(=O)c1ccccc1N. The van der Waals surface area contributed by atoms with Gasteiger partial charge in [-0.2, -0.15) is 0 Å². The Balaban J connectivity index is 2.30. The molecule has 0 radical (unpaired) electrons. The van der Waals surface area contributed by atoms with Crippen LogP contribution in [-0.4, -0.2) is 4.21 Å². The smallest absolute Gasteiger partial charge is 0.0623 e. The molecule has 2 nitrogen and oxygen atoms in total. The van der Waals surface area contributed by atoms with Gasteiger partial charge in [0.05, 0.1) is 20.9 Å². The lowest BCUT2D eigenvalue weighted by Gasteiger charge is -2.13. The molecule has 0 bridgehead atoms. The van der Waals surface area contributed by atoms with E-state index >= 15 is 0 Å². The Bertz CT molecular complexity index is 525. The van der Waals surface area contributed by atoms with Crippen LogP contribution in [0.3, 0.4) is 0 Å². The van der Waals surface area contributed by atoms with Crippen LogP contribution in [0.25, 0.3) is 0 Å². The Hall–Kier alpha value is -1.61. The number of benzene rings is 2. The standard InChI is InChI=1S/C14H15NOS/c1-11(12-7-3-2-4-8-12)17(16)14-10-6-5-9-13(14)15/h2-11H,15H2,1H3. The highest BCUT2D eigenvalue weighted by Gasteiger charge is 2.16. The minimum absolute atomic E-state index is 0.0547. The summed E-state index contributed by atoms with van der Waals surface area (Å²) in [7, 11) is -1.12. The molecule has 0 heterocycles. The zero-order valence-corrected chi connectivity index (χ0v) is 10.5. The largest absolute Gasteiger partial charge is 0.398 e. The number of anilines is 1. The third-order valence-corrected chi connectivity index (χ3v) is 4.45. The fourth-order valence-electron chi connectivity index (χ4n) is 1.70. The number of nitrogen functional groups attached to an aromatic ring is 1. The average Bonchev–Trinajstić information content (AvgIpc) is 2.39. The summed E-state index contributed by atoms with van der Waals surface area (Å²) in [5.41, 5.74) is 7.50. The van der Waals surface area contributed by atoms with Crippen LogP contribution in [0, 0.1) is 0 Å². The highest BCUT2D eigenvalue weighted by Crippen LogP contribution is 2.27. The first-order chi connectivity index (χ1) is 8.20. The summed E-state index contributed by atoms with van der Waals surface area (Å²) in [5.74, 6) is 0. The van der Waals surface area contributed by atoms with E-state index in [0.717, 1.165) is 5.56 Å². The Morgan fingerprint density at radius 3 is 2.24 bits per heavy atom. The summed E-state index contributed by atoms with van der Waals surface area (Å²) in [5, 5.41) is -0.0547. The summed E-state index contributed by atoms with van der Waals surface area (Å²) in [6, 6.07) is 17.2. The van der Waals surface area contributed by atoms with E-state index < -0.39 is 10.8 Å². The van der Waals surface area contributed by atoms with Gasteiger partial charge in [-0.3, -0.25) is 4.21 Å². The second kappa shape index (κ2) is 5.15. The molecule has 2 unspecified atom stereocenters. The Labute approximate surface area is 104 Å². The molecule has 0 saturated heterocycles. The van der Waals surface area contributed by atoms with Crippen molar-refractivity contribution in [3.63, 3.8) is 0 Å². The number of para-hydroxylation sites is 1. The van der Waals surface area contributed by atoms with E-state index in [1.807, 2.05) is 55.5 Å². The molecular formula is C14H15NOS. The van der Waals surface area contributed by atoms with Crippen LogP contribution in [0.4, 0.5) is 5.69 Å². The molecule has 3 heteroatoms. The van der Waals surface area contributed by atoms with Crippen molar-refractivity contribution in [3.05, 3.63) is 60.2 Å². The van der Waals surface area contributed by atoms with Gasteiger partial charge < -0.3 is 5.73 Å². The lowest BCUT2D eigenvalue weighted by Crippen LogP contribution is -2.05. The van der Waals surface area contributed by atoms with E-state index in [-0.39, 0.29) is 5.25 Å². The summed E-state index contributed by atoms with van der Waals surface area (Å²) in [6.45, 7) is 1.96. The van der Waals surface area contributed by atoms with Gasteiger partial charge in [-0.05, 0) is 24.6 Å². The summed E-state index contributed by atoms with van der Waals surface area (Å²) in [6.07, 6.45) is 0. The van der Waals surface area contributed by atoms with Crippen LogP contribution < -0.4 is 5.73 Å². The van der Waals surface area contributed by atoms with Gasteiger partial charge >= 0.3 is 0 Å². The van der Waals surface area contributed by atoms with Crippen molar-refractivity contribution >= 4 is 16.5 Å². The lowest BCUT2D eigenvalue weighted by molar-refractivity contribution is 0.676. The minimum Gasteiger partial charge on any atom is -0.398 e. The van der Waals surface area contributed by atoms with Crippen molar-refractivity contribution in [3.8, 4) is 0 Å². The van der Waals surface area contributed by atoms with Gasteiger partial charge in [0.2, 0.25) is 0 Å². The molecule has 0 amide bonds. The first kappa shape index (κ1) is 11.9. The van der Waals surface area contributed by atoms with Gasteiger partial charge in [0.25, 0.3) is 0 Å². The van der Waals surface area contributed by atoms with Crippen LogP contribution in [0.1, 0.15) is 17.7 Å². The number of hydrogen-bond donors (Lipinski definition) is 1. The van der Waals surface area contributed by atoms with Crippen molar-refractivity contribution in [1.29, 1.82) is 0 Å². The summed E-state index contributed by atoms with van der Waals surface area (Å²) < 4.78 is 12.4. The van der Waals surface area contributed by atoms with E-state index in [1.54, 1.807) is 6.07 Å². The summed E-state index contributed by atoms with van der Waals surface area (Å²) >= 11 is 0. The molecule has 0 spiro atoms. The van der Waals surface area contributed by atoms with E-state index in [2.05, 4.69) is 0 Å². The predicted octanol–water partition coefficient (Wildman–Crippen LogP) is 3.14. The molecule has 2 N–H and O–H groups in total. The third kappa shape index (κ3) is 2.56. The molecule has 2 atom stereocenters. The number of rotatable bonds is 3. The molecule has 0 aliphatic carbocycles. The van der Waals surface area contributed by atoms with Crippen molar-refractivity contribution in [2.75, 3.05) is 5.73 Å². The maximum Gasteiger partial charge on any atom is 0.0623 e. The quantitative estimate of drug-likeness (QED) is 0.844. The first-order valence-electron chi connectivity index (χ1n) is 5.50. The van der Waals surface area contributed by atoms with Crippen LogP contribution in [-0.2, 0) is 10.8 Å². The Morgan fingerprint density at radius 1 is 1.00 bits per heavy atom. The van der Waals surface area contributed by atoms with Crippen molar-refractivity contribution < 1.29 is 4.21 Å². The zero-order chi connectivity index (χ0) is 12.3. The minimum atomic E-state index is -1.12. The second-order valence-electron chi connectivity index (χ2n) is 3.89. The van der Waals surface area contributed by atoms with Gasteiger partial charge in [0.15, 0.2) is 0 Å². The molecule has 88 valence electrons. The summed E-state index contributed by atoms with van der Waals surface area (Å²) in [4.78, 5) is 0.712. The normalized spacial score (nSPS) is 14.2. The molecule has 0 aliphatic rings. The van der Waals surface area contributed by atoms with Crippen LogP contribution >= 0.6 is 0 Å². The molecule has 0 aliphatic heterocycles. The van der Waals surface area contributed by atoms with Gasteiger partial charge in [-0.15, -0.1) is 0 Å². The molecule has 0 aromatic heterocycles. The molecule has 2 aromatic carbocycles. The molecule has 17 heavy (non-hydrogen) atoms. The van der Waals surface area contributed by atoms with E-state index in [0.29, 0.717) is 10.6 Å². The fraction of sp³-hybridized carbons (Fsp3) is 0.143. The van der Waals surface area contributed by atoms with E-state index in [4.69, 9.17) is 5.73 Å². The maximum absolute atomic E-state index is 12.4. The lowest BCUT2D eigenvalue weighted by atomic mass is 10.2. The molecule has 0 saturated carbocycles. The maximum atomic E-state index is 12.4. The Morgan fingerprint density at radius 2 is 1.59 bits per heavy atom. The van der Waals surface area contributed by atoms with Crippen LogP contribution in [0.15, 0.2) is 59.5 Å². The molecule has 2 aromatic rings. The molecular weight excluding hydrogens is 230 g/mol. The number of nitrogens with two attached hydrogens (primary N) is 1. The fourth-order valence-corrected chi connectivity index (χ4v) is 3.00. The first-order valence-corrected chi connectivity index (χ1v) is 6.71. The van der Waals surface area contributed by atoms with Crippen molar-refractivity contribution in [2.45, 2.75) is 17.1 Å². The van der Waals surface area contributed by atoms with Crippen molar-refractivity contribution in [2.24, 2.45) is 0 Å². The highest BCUT2D eigenvalue weighted by molar-refractivity contribution is 7.85. The third-order valence-electron chi connectivity index (χ3n) is 2.73. The van der Waals surface area contributed by atoms with Gasteiger partial charge in [-0.25, -0.2) is 0 Å². The van der Waals surface area contributed by atoms with Gasteiger partial charge in [0.1, 0.15) is 0 Å². The van der Waals surface area contributed by atoms with Gasteiger partial charge in [-0.1, -0.05) is 42.5 Å². The van der Waals surface area contributed by atoms with Gasteiger partial charge in [0, 0.05) is 5.69 Å². The van der Waals surface area contributed by atoms with Crippen LogP contribution in [0.5, 0.6) is 0 Å². The number of hydrogen-bond acceptors (Lipinski definition) is 2. The van der Waals surface area contributed by atoms with Crippen molar-refractivity contribution in [1.82, 2.24) is 0 Å². The highest BCUT2D eigenvalue weighted by atomic mass is 32.2. The van der Waals surface area contributed by atoms with E-state index in [9.17, 15) is 4.21 Å². The monoisotopic (exact) mass is 245 g/mol. The molecule has 0 fully saturated rings. The zero-order valence-electron chi connectivity index (χ0n) is 9.67.